The number of rotatable bonds is 10. The van der Waals surface area contributed by atoms with Crippen LogP contribution in [0.2, 0.25) is 0 Å². The summed E-state index contributed by atoms with van der Waals surface area (Å²) < 4.78 is 22.3. The van der Waals surface area contributed by atoms with Gasteiger partial charge in [0, 0.05) is 26.4 Å². The number of hydrogen-bond acceptors (Lipinski definition) is 5. The quantitative estimate of drug-likeness (QED) is 0.589. The predicted molar refractivity (Wildman–Crippen MR) is 102 cm³/mol. The lowest BCUT2D eigenvalue weighted by Crippen LogP contribution is -2.30. The molecule has 0 spiro atoms. The molecule has 1 N–H and O–H groups in total. The number of aliphatic hydroxyl groups is 1. The van der Waals surface area contributed by atoms with Crippen molar-refractivity contribution in [2.24, 2.45) is 11.8 Å². The monoisotopic (exact) mass is 372 g/mol. The second-order valence-corrected chi connectivity index (χ2v) is 8.24. The second kappa shape index (κ2) is 13.1. The van der Waals surface area contributed by atoms with Crippen LogP contribution in [0.5, 0.6) is 0 Å². The van der Waals surface area contributed by atoms with E-state index in [0.29, 0.717) is 12.2 Å². The van der Waals surface area contributed by atoms with Crippen molar-refractivity contribution in [3.63, 3.8) is 0 Å². The lowest BCUT2D eigenvalue weighted by molar-refractivity contribution is -0.165. The van der Waals surface area contributed by atoms with Crippen LogP contribution >= 0.6 is 0 Å². The van der Waals surface area contributed by atoms with Crippen molar-refractivity contribution in [3.05, 3.63) is 0 Å². The molecule has 1 saturated heterocycles. The highest BCUT2D eigenvalue weighted by Gasteiger charge is 2.26. The summed E-state index contributed by atoms with van der Waals surface area (Å²) in [5, 5.41) is 8.44. The van der Waals surface area contributed by atoms with Crippen LogP contribution in [0.3, 0.4) is 0 Å². The molecule has 2 aliphatic carbocycles. The van der Waals surface area contributed by atoms with Crippen molar-refractivity contribution in [1.82, 2.24) is 0 Å². The third-order valence-electron chi connectivity index (χ3n) is 5.40. The Morgan fingerprint density at radius 3 is 1.88 bits per heavy atom. The molecule has 0 amide bonds. The fourth-order valence-electron chi connectivity index (χ4n) is 3.61. The summed E-state index contributed by atoms with van der Waals surface area (Å²) in [5.74, 6) is 1.73. The molecule has 3 aliphatic rings. The molecule has 5 nitrogen and oxygen atoms in total. The molecule has 0 aromatic carbocycles. The zero-order chi connectivity index (χ0) is 18.6. The van der Waals surface area contributed by atoms with Crippen LogP contribution in [0.1, 0.15) is 71.6 Å². The maximum Gasteiger partial charge on any atom is 0.157 e. The molecule has 154 valence electrons. The molecule has 26 heavy (non-hydrogen) atoms. The van der Waals surface area contributed by atoms with Crippen LogP contribution in [-0.4, -0.2) is 56.6 Å². The second-order valence-electron chi connectivity index (χ2n) is 8.24. The van der Waals surface area contributed by atoms with Gasteiger partial charge in [-0.25, -0.2) is 0 Å². The van der Waals surface area contributed by atoms with Gasteiger partial charge in [0.1, 0.15) is 0 Å². The Balaban J connectivity index is 0.000000209. The van der Waals surface area contributed by atoms with Crippen molar-refractivity contribution >= 4 is 0 Å². The predicted octanol–water partition coefficient (Wildman–Crippen LogP) is 3.92. The van der Waals surface area contributed by atoms with Gasteiger partial charge in [-0.05, 0) is 69.6 Å². The van der Waals surface area contributed by atoms with Gasteiger partial charge in [0.05, 0.1) is 18.8 Å². The van der Waals surface area contributed by atoms with E-state index < -0.39 is 0 Å². The van der Waals surface area contributed by atoms with Gasteiger partial charge in [-0.15, -0.1) is 0 Å². The number of aliphatic hydroxyl groups excluding tert-OH is 1. The van der Waals surface area contributed by atoms with Gasteiger partial charge in [0.25, 0.3) is 0 Å². The Labute approximate surface area is 159 Å². The minimum atomic E-state index is 0.0532. The summed E-state index contributed by atoms with van der Waals surface area (Å²) in [6.45, 7) is 7.98. The van der Waals surface area contributed by atoms with Crippen molar-refractivity contribution in [1.29, 1.82) is 0 Å². The van der Waals surface area contributed by atoms with Gasteiger partial charge in [0.2, 0.25) is 0 Å². The SMILES string of the molecule is CC1CC(OCCCO)C1.CC1CC(OCCCOC2CCCCO2)C1. The molecule has 1 unspecified atom stereocenters. The number of hydrogen-bond donors (Lipinski definition) is 1. The van der Waals surface area contributed by atoms with Gasteiger partial charge < -0.3 is 24.1 Å². The van der Waals surface area contributed by atoms with Gasteiger partial charge >= 0.3 is 0 Å². The molecular formula is C21H40O5. The molecule has 3 rings (SSSR count). The first kappa shape index (κ1) is 22.1. The standard InChI is InChI=1S/C13H24O3.C8H16O2/c1-11-9-12(10-11)14-7-4-8-16-13-5-2-3-6-15-13;1-7-5-8(6-7)10-4-2-3-9/h11-13H,2-10H2,1H3;7-9H,2-6H2,1H3. The zero-order valence-corrected chi connectivity index (χ0v) is 16.9. The highest BCUT2D eigenvalue weighted by atomic mass is 16.7. The molecule has 1 aliphatic heterocycles. The molecule has 3 fully saturated rings. The summed E-state index contributed by atoms with van der Waals surface area (Å²) in [7, 11) is 0. The van der Waals surface area contributed by atoms with E-state index in [9.17, 15) is 0 Å². The Kier molecular flexibility index (Phi) is 11.1. The molecule has 1 heterocycles. The fraction of sp³-hybridized carbons (Fsp3) is 1.00. The van der Waals surface area contributed by atoms with E-state index in [1.54, 1.807) is 0 Å². The largest absolute Gasteiger partial charge is 0.396 e. The topological polar surface area (TPSA) is 57.2 Å². The van der Waals surface area contributed by atoms with Crippen LogP contribution in [-0.2, 0) is 18.9 Å². The van der Waals surface area contributed by atoms with Gasteiger partial charge in [-0.1, -0.05) is 13.8 Å². The smallest absolute Gasteiger partial charge is 0.157 e. The lowest BCUT2D eigenvalue weighted by atomic mass is 9.84. The van der Waals surface area contributed by atoms with Crippen molar-refractivity contribution in [2.75, 3.05) is 33.0 Å². The first-order valence-electron chi connectivity index (χ1n) is 10.7. The molecule has 0 radical (unpaired) electrons. The first-order valence-corrected chi connectivity index (χ1v) is 10.7. The van der Waals surface area contributed by atoms with Gasteiger partial charge in [-0.2, -0.15) is 0 Å². The molecule has 0 bridgehead atoms. The minimum Gasteiger partial charge on any atom is -0.396 e. The molecule has 0 aromatic heterocycles. The summed E-state index contributed by atoms with van der Waals surface area (Å²) in [6, 6.07) is 0. The highest BCUT2D eigenvalue weighted by molar-refractivity contribution is 4.77. The number of ether oxygens (including phenoxy) is 4. The molecular weight excluding hydrogens is 332 g/mol. The average Bonchev–Trinajstić information content (AvgIpc) is 2.60. The van der Waals surface area contributed by atoms with E-state index in [-0.39, 0.29) is 12.9 Å². The molecule has 2 saturated carbocycles. The highest BCUT2D eigenvalue weighted by Crippen LogP contribution is 2.29. The van der Waals surface area contributed by atoms with E-state index in [4.69, 9.17) is 24.1 Å². The molecule has 0 aromatic rings. The first-order chi connectivity index (χ1) is 12.7. The van der Waals surface area contributed by atoms with E-state index in [0.717, 1.165) is 57.5 Å². The maximum absolute atomic E-state index is 8.44. The Hall–Kier alpha value is -0.200. The molecule has 1 atom stereocenters. The summed E-state index contributed by atoms with van der Waals surface area (Å²) in [5.41, 5.74) is 0. The third kappa shape index (κ3) is 9.14. The van der Waals surface area contributed by atoms with Crippen molar-refractivity contribution < 1.29 is 24.1 Å². The Bertz CT molecular complexity index is 333. The van der Waals surface area contributed by atoms with Gasteiger partial charge in [-0.3, -0.25) is 0 Å². The van der Waals surface area contributed by atoms with Crippen molar-refractivity contribution in [2.45, 2.75) is 90.1 Å². The lowest BCUT2D eigenvalue weighted by Gasteiger charge is -2.32. The summed E-state index contributed by atoms with van der Waals surface area (Å²) in [6.07, 6.45) is 11.2. The van der Waals surface area contributed by atoms with E-state index in [1.807, 2.05) is 0 Å². The fourth-order valence-corrected chi connectivity index (χ4v) is 3.61. The van der Waals surface area contributed by atoms with E-state index in [2.05, 4.69) is 13.8 Å². The van der Waals surface area contributed by atoms with E-state index >= 15 is 0 Å². The molecule has 5 heteroatoms. The average molecular weight is 373 g/mol. The van der Waals surface area contributed by atoms with Crippen LogP contribution in [0.15, 0.2) is 0 Å². The van der Waals surface area contributed by atoms with E-state index in [1.165, 1.54) is 38.5 Å². The Morgan fingerprint density at radius 2 is 1.38 bits per heavy atom. The van der Waals surface area contributed by atoms with Crippen LogP contribution < -0.4 is 0 Å². The summed E-state index contributed by atoms with van der Waals surface area (Å²) in [4.78, 5) is 0. The van der Waals surface area contributed by atoms with Crippen LogP contribution in [0.4, 0.5) is 0 Å². The normalized spacial score (nSPS) is 33.6. The zero-order valence-electron chi connectivity index (χ0n) is 16.9. The van der Waals surface area contributed by atoms with Crippen molar-refractivity contribution in [3.8, 4) is 0 Å². The Morgan fingerprint density at radius 1 is 0.808 bits per heavy atom. The van der Waals surface area contributed by atoms with Crippen LogP contribution in [0, 0.1) is 11.8 Å². The minimum absolute atomic E-state index is 0.0532. The van der Waals surface area contributed by atoms with Gasteiger partial charge in [0.15, 0.2) is 6.29 Å². The van der Waals surface area contributed by atoms with Crippen LogP contribution in [0.25, 0.3) is 0 Å². The summed E-state index contributed by atoms with van der Waals surface area (Å²) >= 11 is 0. The maximum atomic E-state index is 8.44. The third-order valence-corrected chi connectivity index (χ3v) is 5.40.